The largest absolute Gasteiger partial charge is 0.343 e. The van der Waals surface area contributed by atoms with Crippen LogP contribution in [0, 0.1) is 6.92 Å². The summed E-state index contributed by atoms with van der Waals surface area (Å²) >= 11 is 5.50. The van der Waals surface area contributed by atoms with Gasteiger partial charge in [0.05, 0.1) is 11.9 Å². The first-order valence-corrected chi connectivity index (χ1v) is 4.10. The van der Waals surface area contributed by atoms with Gasteiger partial charge in [0.25, 0.3) is 0 Å². The van der Waals surface area contributed by atoms with Crippen molar-refractivity contribution < 1.29 is 0 Å². The van der Waals surface area contributed by atoms with E-state index in [4.69, 9.17) is 11.6 Å². The van der Waals surface area contributed by atoms with E-state index >= 15 is 0 Å². The molecule has 0 atom stereocenters. The van der Waals surface area contributed by atoms with Crippen LogP contribution < -0.4 is 0 Å². The first-order chi connectivity index (χ1) is 5.33. The molecule has 0 amide bonds. The van der Waals surface area contributed by atoms with E-state index in [1.807, 2.05) is 19.1 Å². The first kappa shape index (κ1) is 8.34. The number of alkyl halides is 1. The molecule has 1 N–H and O–H groups in total. The number of nitrogens with one attached hydrogen (secondary N) is 1. The number of aromatic nitrogens is 2. The first-order valence-electron chi connectivity index (χ1n) is 3.57. The molecule has 1 heterocycles. The van der Waals surface area contributed by atoms with Gasteiger partial charge in [-0.1, -0.05) is 6.08 Å². The van der Waals surface area contributed by atoms with Crippen LogP contribution in [-0.2, 0) is 0 Å². The van der Waals surface area contributed by atoms with Gasteiger partial charge in [-0.05, 0) is 19.4 Å². The van der Waals surface area contributed by atoms with Crippen molar-refractivity contribution in [1.82, 2.24) is 9.97 Å². The smallest absolute Gasteiger partial charge is 0.103 e. The third kappa shape index (κ3) is 2.76. The molecule has 0 saturated heterocycles. The Hall–Kier alpha value is -0.760. The van der Waals surface area contributed by atoms with Gasteiger partial charge in [0, 0.05) is 5.88 Å². The summed E-state index contributed by atoms with van der Waals surface area (Å²) in [5.74, 6) is 1.61. The van der Waals surface area contributed by atoms with E-state index in [0.717, 1.165) is 17.9 Å². The van der Waals surface area contributed by atoms with E-state index in [1.54, 1.807) is 6.20 Å². The lowest BCUT2D eigenvalue weighted by Gasteiger charge is -1.83. The number of rotatable bonds is 3. The zero-order valence-corrected chi connectivity index (χ0v) is 7.23. The van der Waals surface area contributed by atoms with Crippen molar-refractivity contribution in [2.24, 2.45) is 0 Å². The number of hydrogen-bond donors (Lipinski definition) is 1. The number of aromatic amines is 1. The molecule has 0 saturated carbocycles. The highest BCUT2D eigenvalue weighted by molar-refractivity contribution is 6.17. The van der Waals surface area contributed by atoms with Crippen molar-refractivity contribution in [2.75, 3.05) is 5.88 Å². The molecule has 3 heteroatoms. The lowest BCUT2D eigenvalue weighted by molar-refractivity contribution is 1.14. The third-order valence-corrected chi connectivity index (χ3v) is 1.51. The molecule has 0 aliphatic heterocycles. The average Bonchev–Trinajstić information content (AvgIpc) is 2.37. The second-order valence-corrected chi connectivity index (χ2v) is 2.68. The van der Waals surface area contributed by atoms with Gasteiger partial charge >= 0.3 is 0 Å². The van der Waals surface area contributed by atoms with Crippen molar-refractivity contribution >= 4 is 17.7 Å². The number of imidazole rings is 1. The van der Waals surface area contributed by atoms with Crippen LogP contribution >= 0.6 is 11.6 Å². The predicted octanol–water partition coefficient (Wildman–Crippen LogP) is 2.36. The van der Waals surface area contributed by atoms with Gasteiger partial charge in [-0.15, -0.1) is 11.6 Å². The Morgan fingerprint density at radius 3 is 3.09 bits per heavy atom. The number of aryl methyl sites for hydroxylation is 1. The van der Waals surface area contributed by atoms with Crippen LogP contribution in [-0.4, -0.2) is 15.8 Å². The van der Waals surface area contributed by atoms with E-state index < -0.39 is 0 Å². The lowest BCUT2D eigenvalue weighted by Crippen LogP contribution is -1.73. The fourth-order valence-corrected chi connectivity index (χ4v) is 0.924. The van der Waals surface area contributed by atoms with E-state index in [9.17, 15) is 0 Å². The van der Waals surface area contributed by atoms with Gasteiger partial charge < -0.3 is 4.98 Å². The minimum absolute atomic E-state index is 0.670. The predicted molar refractivity (Wildman–Crippen MR) is 47.7 cm³/mol. The van der Waals surface area contributed by atoms with Gasteiger partial charge in [0.2, 0.25) is 0 Å². The monoisotopic (exact) mass is 170 g/mol. The van der Waals surface area contributed by atoms with Crippen LogP contribution in [0.15, 0.2) is 12.3 Å². The molecule has 0 fully saturated rings. The van der Waals surface area contributed by atoms with Crippen molar-refractivity contribution in [3.63, 3.8) is 0 Å². The highest BCUT2D eigenvalue weighted by Crippen LogP contribution is 1.99. The van der Waals surface area contributed by atoms with Crippen LogP contribution in [0.3, 0.4) is 0 Å². The molecule has 1 rings (SSSR count). The molecular formula is C8H11ClN2. The number of H-pyrrole nitrogens is 1. The molecule has 0 aromatic carbocycles. The van der Waals surface area contributed by atoms with Gasteiger partial charge in [-0.25, -0.2) is 4.98 Å². The number of hydrogen-bond acceptors (Lipinski definition) is 1. The van der Waals surface area contributed by atoms with Crippen LogP contribution in [0.4, 0.5) is 0 Å². The van der Waals surface area contributed by atoms with Crippen molar-refractivity contribution in [3.8, 4) is 0 Å². The Kier molecular flexibility index (Phi) is 3.17. The van der Waals surface area contributed by atoms with E-state index in [2.05, 4.69) is 9.97 Å². The average molecular weight is 171 g/mol. The van der Waals surface area contributed by atoms with E-state index in [0.29, 0.717) is 5.88 Å². The highest BCUT2D eigenvalue weighted by Gasteiger charge is 1.88. The summed E-state index contributed by atoms with van der Waals surface area (Å²) in [6.07, 6.45) is 6.72. The summed E-state index contributed by atoms with van der Waals surface area (Å²) in [5, 5.41) is 0. The summed E-state index contributed by atoms with van der Waals surface area (Å²) in [6.45, 7) is 1.93. The molecule has 0 bridgehead atoms. The molecule has 60 valence electrons. The fourth-order valence-electron chi connectivity index (χ4n) is 0.798. The number of nitrogens with zero attached hydrogens (tertiary/aromatic N) is 1. The van der Waals surface area contributed by atoms with Gasteiger partial charge in [-0.3, -0.25) is 0 Å². The Morgan fingerprint density at radius 1 is 1.73 bits per heavy atom. The standard InChI is InChI=1S/C8H11ClN2/c1-7-10-6-8(11-7)4-2-3-5-9/h2,4,6H,3,5H2,1H3,(H,10,11). The van der Waals surface area contributed by atoms with E-state index in [1.165, 1.54) is 0 Å². The van der Waals surface area contributed by atoms with Gasteiger partial charge in [0.1, 0.15) is 5.82 Å². The van der Waals surface area contributed by atoms with Crippen LogP contribution in [0.2, 0.25) is 0 Å². The van der Waals surface area contributed by atoms with Crippen LogP contribution in [0.1, 0.15) is 17.9 Å². The molecule has 0 spiro atoms. The Labute approximate surface area is 71.3 Å². The van der Waals surface area contributed by atoms with Gasteiger partial charge in [-0.2, -0.15) is 0 Å². The molecule has 1 aromatic rings. The topological polar surface area (TPSA) is 28.7 Å². The second kappa shape index (κ2) is 4.19. The van der Waals surface area contributed by atoms with Gasteiger partial charge in [0.15, 0.2) is 0 Å². The van der Waals surface area contributed by atoms with Crippen molar-refractivity contribution in [2.45, 2.75) is 13.3 Å². The Balaban J connectivity index is 2.50. The number of allylic oxidation sites excluding steroid dienone is 1. The highest BCUT2D eigenvalue weighted by atomic mass is 35.5. The Morgan fingerprint density at radius 2 is 2.55 bits per heavy atom. The molecule has 0 aliphatic rings. The summed E-state index contributed by atoms with van der Waals surface area (Å²) in [4.78, 5) is 7.15. The minimum atomic E-state index is 0.670. The Bertz CT molecular complexity index is 240. The summed E-state index contributed by atoms with van der Waals surface area (Å²) in [6, 6.07) is 0. The minimum Gasteiger partial charge on any atom is -0.343 e. The second-order valence-electron chi connectivity index (χ2n) is 2.30. The summed E-state index contributed by atoms with van der Waals surface area (Å²) in [5.41, 5.74) is 1.03. The maximum Gasteiger partial charge on any atom is 0.103 e. The van der Waals surface area contributed by atoms with Crippen molar-refractivity contribution in [3.05, 3.63) is 23.8 Å². The normalized spacial score (nSPS) is 11.1. The zero-order chi connectivity index (χ0) is 8.10. The lowest BCUT2D eigenvalue weighted by atomic mass is 10.3. The molecule has 11 heavy (non-hydrogen) atoms. The zero-order valence-electron chi connectivity index (χ0n) is 6.47. The molecule has 0 aliphatic carbocycles. The third-order valence-electron chi connectivity index (χ3n) is 1.30. The van der Waals surface area contributed by atoms with Crippen LogP contribution in [0.25, 0.3) is 6.08 Å². The maximum absolute atomic E-state index is 5.50. The summed E-state index contributed by atoms with van der Waals surface area (Å²) in [7, 11) is 0. The summed E-state index contributed by atoms with van der Waals surface area (Å²) < 4.78 is 0. The van der Waals surface area contributed by atoms with E-state index in [-0.39, 0.29) is 0 Å². The quantitative estimate of drug-likeness (QED) is 0.694. The van der Waals surface area contributed by atoms with Crippen LogP contribution in [0.5, 0.6) is 0 Å². The SMILES string of the molecule is Cc1ncc(C=CCCCl)[nH]1. The molecular weight excluding hydrogens is 160 g/mol. The molecule has 0 radical (unpaired) electrons. The number of halogens is 1. The molecule has 0 unspecified atom stereocenters. The van der Waals surface area contributed by atoms with Crippen molar-refractivity contribution in [1.29, 1.82) is 0 Å². The fraction of sp³-hybridized carbons (Fsp3) is 0.375. The molecule has 1 aromatic heterocycles. The maximum atomic E-state index is 5.50. The molecule has 2 nitrogen and oxygen atoms in total.